The molecule has 0 bridgehead atoms. The van der Waals surface area contributed by atoms with E-state index < -0.39 is 0 Å². The Balaban J connectivity index is 2.96. The van der Waals surface area contributed by atoms with Gasteiger partial charge in [-0.2, -0.15) is 15.0 Å². The van der Waals surface area contributed by atoms with Crippen molar-refractivity contribution < 1.29 is 0 Å². The summed E-state index contributed by atoms with van der Waals surface area (Å²) >= 11 is 0. The van der Waals surface area contributed by atoms with Crippen molar-refractivity contribution in [3.63, 3.8) is 0 Å². The van der Waals surface area contributed by atoms with Gasteiger partial charge in [-0.3, -0.25) is 0 Å². The molecule has 6 heteroatoms. The van der Waals surface area contributed by atoms with Gasteiger partial charge in [-0.15, -0.1) is 0 Å². The first-order valence-electron chi connectivity index (χ1n) is 6.73. The lowest BCUT2D eigenvalue weighted by molar-refractivity contribution is 0.810. The van der Waals surface area contributed by atoms with E-state index in [9.17, 15) is 0 Å². The second kappa shape index (κ2) is 7.68. The lowest BCUT2D eigenvalue weighted by Gasteiger charge is -2.19. The summed E-state index contributed by atoms with van der Waals surface area (Å²) in [5.74, 6) is 2.00. The van der Waals surface area contributed by atoms with E-state index in [1.165, 1.54) is 0 Å². The van der Waals surface area contributed by atoms with Gasteiger partial charge in [-0.1, -0.05) is 6.92 Å². The number of anilines is 3. The van der Waals surface area contributed by atoms with Crippen molar-refractivity contribution in [3.05, 3.63) is 0 Å². The first-order valence-corrected chi connectivity index (χ1v) is 6.73. The van der Waals surface area contributed by atoms with Crippen molar-refractivity contribution in [2.45, 2.75) is 34.1 Å². The average Bonchev–Trinajstić information content (AvgIpc) is 2.38. The van der Waals surface area contributed by atoms with E-state index in [1.54, 1.807) is 0 Å². The third-order valence-corrected chi connectivity index (χ3v) is 2.54. The number of hydrogen-bond donors (Lipinski definition) is 2. The van der Waals surface area contributed by atoms with Crippen molar-refractivity contribution in [1.82, 2.24) is 15.0 Å². The van der Waals surface area contributed by atoms with Crippen LogP contribution in [0.5, 0.6) is 0 Å². The minimum absolute atomic E-state index is 0.632. The molecule has 18 heavy (non-hydrogen) atoms. The summed E-state index contributed by atoms with van der Waals surface area (Å²) in [7, 11) is 0. The summed E-state index contributed by atoms with van der Waals surface area (Å²) in [6, 6.07) is 0. The van der Waals surface area contributed by atoms with E-state index in [1.807, 2.05) is 6.92 Å². The van der Waals surface area contributed by atoms with Crippen LogP contribution in [0.15, 0.2) is 0 Å². The molecule has 0 amide bonds. The summed E-state index contributed by atoms with van der Waals surface area (Å²) in [6.07, 6.45) is 1.04. The molecule has 102 valence electrons. The Kier molecular flexibility index (Phi) is 6.18. The molecule has 2 N–H and O–H groups in total. The van der Waals surface area contributed by atoms with Gasteiger partial charge in [-0.05, 0) is 27.2 Å². The second-order valence-corrected chi connectivity index (χ2v) is 3.91. The monoisotopic (exact) mass is 252 g/mol. The number of hydrogen-bond acceptors (Lipinski definition) is 6. The van der Waals surface area contributed by atoms with Crippen LogP contribution in [0.1, 0.15) is 34.1 Å². The molecule has 1 aromatic rings. The van der Waals surface area contributed by atoms with Crippen molar-refractivity contribution in [2.75, 3.05) is 41.7 Å². The lowest BCUT2D eigenvalue weighted by Crippen LogP contribution is -2.25. The normalized spacial score (nSPS) is 10.2. The zero-order valence-corrected chi connectivity index (χ0v) is 11.8. The number of nitrogens with zero attached hydrogens (tertiary/aromatic N) is 4. The highest BCUT2D eigenvalue weighted by Gasteiger charge is 2.10. The van der Waals surface area contributed by atoms with E-state index in [0.29, 0.717) is 11.9 Å². The van der Waals surface area contributed by atoms with Crippen molar-refractivity contribution in [3.8, 4) is 0 Å². The van der Waals surface area contributed by atoms with E-state index >= 15 is 0 Å². The first-order chi connectivity index (χ1) is 8.74. The van der Waals surface area contributed by atoms with Gasteiger partial charge in [0.25, 0.3) is 0 Å². The van der Waals surface area contributed by atoms with Crippen LogP contribution in [0, 0.1) is 0 Å². The Hall–Kier alpha value is -1.59. The molecule has 0 atom stereocenters. The molecular weight excluding hydrogens is 228 g/mol. The van der Waals surface area contributed by atoms with Crippen LogP contribution in [0.2, 0.25) is 0 Å². The molecule has 1 rings (SSSR count). The van der Waals surface area contributed by atoms with Crippen LogP contribution >= 0.6 is 0 Å². The molecule has 1 heterocycles. The standard InChI is InChI=1S/C12H24N6/c1-5-9-14-11-15-10(13-6-2)16-12(17-11)18(7-3)8-4/h5-9H2,1-4H3,(H2,13,14,15,16,17). The lowest BCUT2D eigenvalue weighted by atomic mass is 10.5. The second-order valence-electron chi connectivity index (χ2n) is 3.91. The summed E-state index contributed by atoms with van der Waals surface area (Å²) in [5.41, 5.74) is 0. The third-order valence-electron chi connectivity index (χ3n) is 2.54. The molecule has 0 radical (unpaired) electrons. The van der Waals surface area contributed by atoms with Gasteiger partial charge in [0.15, 0.2) is 0 Å². The van der Waals surface area contributed by atoms with Gasteiger partial charge in [-0.25, -0.2) is 0 Å². The molecule has 0 aliphatic rings. The highest BCUT2D eigenvalue weighted by molar-refractivity contribution is 5.43. The fraction of sp³-hybridized carbons (Fsp3) is 0.750. The molecule has 0 fully saturated rings. The molecule has 1 aromatic heterocycles. The minimum atomic E-state index is 0.632. The fourth-order valence-electron chi connectivity index (χ4n) is 1.57. The summed E-state index contributed by atoms with van der Waals surface area (Å²) < 4.78 is 0. The molecule has 0 aliphatic carbocycles. The predicted octanol–water partition coefficient (Wildman–Crippen LogP) is 1.97. The smallest absolute Gasteiger partial charge is 0.231 e. The largest absolute Gasteiger partial charge is 0.354 e. The van der Waals surface area contributed by atoms with E-state index in [4.69, 9.17) is 0 Å². The van der Waals surface area contributed by atoms with Crippen LogP contribution in [-0.4, -0.2) is 41.1 Å². The zero-order valence-electron chi connectivity index (χ0n) is 11.8. The van der Waals surface area contributed by atoms with Crippen molar-refractivity contribution in [1.29, 1.82) is 0 Å². The van der Waals surface area contributed by atoms with Gasteiger partial charge in [0.1, 0.15) is 0 Å². The van der Waals surface area contributed by atoms with Gasteiger partial charge in [0.05, 0.1) is 0 Å². The van der Waals surface area contributed by atoms with Crippen molar-refractivity contribution >= 4 is 17.8 Å². The minimum Gasteiger partial charge on any atom is -0.354 e. The van der Waals surface area contributed by atoms with E-state index in [-0.39, 0.29) is 0 Å². The molecule has 0 spiro atoms. The van der Waals surface area contributed by atoms with Crippen LogP contribution in [-0.2, 0) is 0 Å². The van der Waals surface area contributed by atoms with Gasteiger partial charge >= 0.3 is 0 Å². The Morgan fingerprint density at radius 1 is 0.889 bits per heavy atom. The van der Waals surface area contributed by atoms with Crippen LogP contribution in [0.3, 0.4) is 0 Å². The maximum Gasteiger partial charge on any atom is 0.231 e. The number of nitrogens with one attached hydrogen (secondary N) is 2. The topological polar surface area (TPSA) is 66.0 Å². The molecule has 0 aromatic carbocycles. The Morgan fingerprint density at radius 3 is 2.00 bits per heavy atom. The predicted molar refractivity (Wildman–Crippen MR) is 76.3 cm³/mol. The quantitative estimate of drug-likeness (QED) is 0.737. The Morgan fingerprint density at radius 2 is 1.50 bits per heavy atom. The van der Waals surface area contributed by atoms with Gasteiger partial charge < -0.3 is 15.5 Å². The number of rotatable bonds is 8. The van der Waals surface area contributed by atoms with Crippen molar-refractivity contribution in [2.24, 2.45) is 0 Å². The van der Waals surface area contributed by atoms with E-state index in [0.717, 1.165) is 38.5 Å². The molecule has 0 aliphatic heterocycles. The summed E-state index contributed by atoms with van der Waals surface area (Å²) in [5, 5.41) is 6.35. The average molecular weight is 252 g/mol. The molecular formula is C12H24N6. The Bertz CT molecular complexity index is 350. The fourth-order valence-corrected chi connectivity index (χ4v) is 1.57. The third kappa shape index (κ3) is 4.01. The van der Waals surface area contributed by atoms with Gasteiger partial charge in [0, 0.05) is 26.2 Å². The van der Waals surface area contributed by atoms with Crippen LogP contribution < -0.4 is 15.5 Å². The summed E-state index contributed by atoms with van der Waals surface area (Å²) in [4.78, 5) is 15.3. The highest BCUT2D eigenvalue weighted by Crippen LogP contribution is 2.13. The Labute approximate surface area is 109 Å². The van der Waals surface area contributed by atoms with E-state index in [2.05, 4.69) is 51.3 Å². The zero-order chi connectivity index (χ0) is 13.4. The molecule has 0 unspecified atom stereocenters. The van der Waals surface area contributed by atoms with Gasteiger partial charge in [0.2, 0.25) is 17.8 Å². The van der Waals surface area contributed by atoms with Crippen LogP contribution in [0.25, 0.3) is 0 Å². The SMILES string of the molecule is CCCNc1nc(NCC)nc(N(CC)CC)n1. The molecule has 0 saturated carbocycles. The maximum absolute atomic E-state index is 4.45. The molecule has 0 saturated heterocycles. The maximum atomic E-state index is 4.45. The molecule has 6 nitrogen and oxygen atoms in total. The highest BCUT2D eigenvalue weighted by atomic mass is 15.3. The summed E-state index contributed by atoms with van der Waals surface area (Å²) in [6.45, 7) is 11.8. The van der Waals surface area contributed by atoms with Crippen LogP contribution in [0.4, 0.5) is 17.8 Å². The first kappa shape index (κ1) is 14.5. The number of aromatic nitrogens is 3.